The molecule has 0 saturated heterocycles. The van der Waals surface area contributed by atoms with Gasteiger partial charge in [-0.1, -0.05) is 62.5 Å². The van der Waals surface area contributed by atoms with Gasteiger partial charge >= 0.3 is 0 Å². The molecule has 2 aromatic heterocycles. The molecule has 2 nitrogen and oxygen atoms in total. The number of pyridine rings is 2. The molecule has 12 rings (SSSR count). The van der Waals surface area contributed by atoms with Gasteiger partial charge in [-0.3, -0.25) is 9.97 Å². The number of benzene rings is 2. The number of rotatable bonds is 8. The van der Waals surface area contributed by atoms with Crippen LogP contribution in [0.2, 0.25) is 0 Å². The summed E-state index contributed by atoms with van der Waals surface area (Å²) in [5.74, 6) is 6.01. The molecular formula is C44H50N2P2. The SMILES string of the molecule is PC(c1cccnc1)(c1cccnc1)c1cc(-c2ccccc2)ccc1CP(C12CC3CC(CC(C3)C1)C2)C12CC3CC(CC(C3)C1)C2. The topological polar surface area (TPSA) is 25.8 Å². The highest BCUT2D eigenvalue weighted by molar-refractivity contribution is 7.60. The molecule has 8 aliphatic carbocycles. The highest BCUT2D eigenvalue weighted by Crippen LogP contribution is 2.80. The van der Waals surface area contributed by atoms with Crippen molar-refractivity contribution in [2.24, 2.45) is 35.5 Å². The van der Waals surface area contributed by atoms with Crippen LogP contribution in [0.3, 0.4) is 0 Å². The summed E-state index contributed by atoms with van der Waals surface area (Å²) in [6.07, 6.45) is 27.8. The van der Waals surface area contributed by atoms with E-state index >= 15 is 0 Å². The van der Waals surface area contributed by atoms with Gasteiger partial charge in [0.2, 0.25) is 0 Å². The average molecular weight is 669 g/mol. The predicted octanol–water partition coefficient (Wildman–Crippen LogP) is 11.2. The van der Waals surface area contributed by atoms with Crippen LogP contribution in [-0.4, -0.2) is 20.3 Å². The quantitative estimate of drug-likeness (QED) is 0.175. The molecule has 2 heterocycles. The van der Waals surface area contributed by atoms with Gasteiger partial charge in [-0.05, 0) is 181 Å². The molecule has 1 atom stereocenters. The van der Waals surface area contributed by atoms with Gasteiger partial charge in [0.25, 0.3) is 0 Å². The lowest BCUT2D eigenvalue weighted by atomic mass is 9.55. The lowest BCUT2D eigenvalue weighted by Gasteiger charge is -2.67. The normalized spacial score (nSPS) is 35.2. The van der Waals surface area contributed by atoms with Crippen molar-refractivity contribution >= 4 is 17.2 Å². The van der Waals surface area contributed by atoms with Gasteiger partial charge in [0.15, 0.2) is 0 Å². The second kappa shape index (κ2) is 11.6. The Balaban J connectivity index is 1.17. The Kier molecular flexibility index (Phi) is 7.33. The minimum atomic E-state index is -0.438. The van der Waals surface area contributed by atoms with Crippen molar-refractivity contribution in [2.45, 2.75) is 98.7 Å². The minimum absolute atomic E-state index is 0.191. The predicted molar refractivity (Wildman–Crippen MR) is 202 cm³/mol. The Morgan fingerprint density at radius 1 is 0.583 bits per heavy atom. The summed E-state index contributed by atoms with van der Waals surface area (Å²) in [4.78, 5) is 9.39. The third kappa shape index (κ3) is 4.94. The fourth-order valence-electron chi connectivity index (χ4n) is 13.4. The second-order valence-corrected chi connectivity index (χ2v) is 21.3. The van der Waals surface area contributed by atoms with Gasteiger partial charge in [-0.25, -0.2) is 0 Å². The van der Waals surface area contributed by atoms with Crippen LogP contribution in [-0.2, 0) is 11.3 Å². The summed E-state index contributed by atoms with van der Waals surface area (Å²) in [5, 5.41) is 0.751. The Morgan fingerprint density at radius 2 is 1.06 bits per heavy atom. The van der Waals surface area contributed by atoms with E-state index in [4.69, 9.17) is 9.97 Å². The van der Waals surface area contributed by atoms with Gasteiger partial charge in [0.05, 0.1) is 5.16 Å². The minimum Gasteiger partial charge on any atom is -0.264 e. The molecule has 0 radical (unpaired) electrons. The lowest BCUT2D eigenvalue weighted by Crippen LogP contribution is -2.56. The molecule has 2 aromatic carbocycles. The monoisotopic (exact) mass is 668 g/mol. The Morgan fingerprint density at radius 3 is 1.50 bits per heavy atom. The molecule has 8 aliphatic rings. The molecule has 0 N–H and O–H groups in total. The molecule has 8 fully saturated rings. The van der Waals surface area contributed by atoms with Crippen LogP contribution in [0.15, 0.2) is 97.6 Å². The molecule has 0 spiro atoms. The number of hydrogen-bond acceptors (Lipinski definition) is 2. The van der Waals surface area contributed by atoms with Gasteiger partial charge in [-0.2, -0.15) is 0 Å². The van der Waals surface area contributed by atoms with Crippen LogP contribution in [0.4, 0.5) is 0 Å². The van der Waals surface area contributed by atoms with E-state index in [1.807, 2.05) is 12.4 Å². The van der Waals surface area contributed by atoms with Crippen LogP contribution in [0, 0.1) is 35.5 Å². The zero-order valence-corrected chi connectivity index (χ0v) is 30.4. The van der Waals surface area contributed by atoms with E-state index in [0.717, 1.165) is 35.5 Å². The third-order valence-electron chi connectivity index (χ3n) is 14.4. The van der Waals surface area contributed by atoms with Gasteiger partial charge in [0, 0.05) is 24.8 Å². The van der Waals surface area contributed by atoms with E-state index in [1.165, 1.54) is 72.5 Å². The number of aromatic nitrogens is 2. The maximum atomic E-state index is 4.70. The molecule has 4 aromatic rings. The summed E-state index contributed by atoms with van der Waals surface area (Å²) in [7, 11) is 3.18. The Labute approximate surface area is 291 Å². The van der Waals surface area contributed by atoms with Crippen LogP contribution in [0.25, 0.3) is 11.1 Å². The number of nitrogens with zero attached hydrogens (tertiary/aromatic N) is 2. The van der Waals surface area contributed by atoms with Crippen molar-refractivity contribution < 1.29 is 0 Å². The number of hydrogen-bond donors (Lipinski definition) is 0. The third-order valence-corrected chi connectivity index (χ3v) is 19.4. The largest absolute Gasteiger partial charge is 0.264 e. The van der Waals surface area contributed by atoms with Gasteiger partial charge < -0.3 is 0 Å². The average Bonchev–Trinajstić information content (AvgIpc) is 3.10. The van der Waals surface area contributed by atoms with Crippen molar-refractivity contribution in [3.8, 4) is 11.1 Å². The fraction of sp³-hybridized carbons (Fsp3) is 0.500. The summed E-state index contributed by atoms with van der Waals surface area (Å²) >= 11 is 0. The summed E-state index contributed by atoms with van der Waals surface area (Å²) in [6.45, 7) is 0. The smallest absolute Gasteiger partial charge is 0.0624 e. The summed E-state index contributed by atoms with van der Waals surface area (Å²) in [6, 6.07) is 27.4. The van der Waals surface area contributed by atoms with E-state index < -0.39 is 5.16 Å². The highest BCUT2D eigenvalue weighted by Gasteiger charge is 2.62. The van der Waals surface area contributed by atoms with Crippen LogP contribution >= 0.6 is 17.2 Å². The van der Waals surface area contributed by atoms with E-state index in [2.05, 4.69) is 94.4 Å². The fourth-order valence-corrected chi connectivity index (χ4v) is 19.1. The zero-order chi connectivity index (χ0) is 31.9. The lowest BCUT2D eigenvalue weighted by molar-refractivity contribution is 0.0184. The molecule has 48 heavy (non-hydrogen) atoms. The first-order valence-corrected chi connectivity index (χ1v) is 21.1. The van der Waals surface area contributed by atoms with E-state index in [1.54, 1.807) is 44.1 Å². The molecule has 1 unspecified atom stereocenters. The van der Waals surface area contributed by atoms with Crippen LogP contribution in [0.5, 0.6) is 0 Å². The van der Waals surface area contributed by atoms with Crippen molar-refractivity contribution in [2.75, 3.05) is 0 Å². The first kappa shape index (κ1) is 30.4. The first-order chi connectivity index (χ1) is 23.5. The standard InChI is InChI=1S/C44H50N2P2/c47-44(39-8-4-12-45-27-39,40-9-5-13-46-28-40)41-20-37(36-6-2-1-3-7-36)10-11-38(41)29-48(42-21-30-14-31(22-42)16-32(15-30)23-42)43-24-33-17-34(25-43)19-35(18-33)26-43/h1-13,20,27-28,30-35H,14-19,21-26,29,47H2. The molecule has 8 bridgehead atoms. The maximum absolute atomic E-state index is 4.70. The van der Waals surface area contributed by atoms with E-state index in [0.29, 0.717) is 10.3 Å². The Hall–Kier alpha value is -2.40. The summed E-state index contributed by atoms with van der Waals surface area (Å²) in [5.41, 5.74) is 8.08. The van der Waals surface area contributed by atoms with Crippen molar-refractivity contribution in [3.63, 3.8) is 0 Å². The van der Waals surface area contributed by atoms with Crippen molar-refractivity contribution in [3.05, 3.63) is 120 Å². The van der Waals surface area contributed by atoms with Gasteiger partial charge in [-0.15, -0.1) is 9.24 Å². The van der Waals surface area contributed by atoms with Crippen LogP contribution in [0.1, 0.15) is 99.3 Å². The van der Waals surface area contributed by atoms with Crippen molar-refractivity contribution in [1.29, 1.82) is 0 Å². The highest BCUT2D eigenvalue weighted by atomic mass is 31.1. The van der Waals surface area contributed by atoms with Gasteiger partial charge in [0.1, 0.15) is 0 Å². The van der Waals surface area contributed by atoms with E-state index in [9.17, 15) is 0 Å². The second-order valence-electron chi connectivity index (χ2n) is 17.4. The first-order valence-electron chi connectivity index (χ1n) is 19.0. The molecule has 8 saturated carbocycles. The molecular weight excluding hydrogens is 618 g/mol. The maximum Gasteiger partial charge on any atom is 0.0624 e. The molecule has 4 heteroatoms. The molecule has 0 amide bonds. The Bertz CT molecular complexity index is 1630. The van der Waals surface area contributed by atoms with Crippen LogP contribution < -0.4 is 0 Å². The van der Waals surface area contributed by atoms with Crippen molar-refractivity contribution in [1.82, 2.24) is 9.97 Å². The molecule has 0 aliphatic heterocycles. The summed E-state index contributed by atoms with van der Waals surface area (Å²) < 4.78 is 0. The van der Waals surface area contributed by atoms with E-state index in [-0.39, 0.29) is 7.92 Å². The molecule has 246 valence electrons. The zero-order valence-electron chi connectivity index (χ0n) is 28.3.